The Morgan fingerprint density at radius 2 is 1.76 bits per heavy atom. The highest BCUT2D eigenvalue weighted by atomic mass is 35.5. The van der Waals surface area contributed by atoms with Gasteiger partial charge in [-0.1, -0.05) is 35.3 Å². The fraction of sp³-hybridized carbons (Fsp3) is 0.136. The molecule has 0 saturated heterocycles. The van der Waals surface area contributed by atoms with Crippen molar-refractivity contribution in [3.63, 3.8) is 0 Å². The molecule has 0 spiro atoms. The maximum atomic E-state index is 12.6. The Bertz CT molecular complexity index is 1260. The van der Waals surface area contributed by atoms with Crippen molar-refractivity contribution < 1.29 is 28.8 Å². The number of esters is 2. The van der Waals surface area contributed by atoms with Gasteiger partial charge in [-0.05, 0) is 36.8 Å². The number of carbonyl (C=O) groups is 3. The van der Waals surface area contributed by atoms with E-state index in [-0.39, 0.29) is 27.8 Å². The Labute approximate surface area is 207 Å². The molecule has 0 aliphatic carbocycles. The van der Waals surface area contributed by atoms with Crippen LogP contribution in [0, 0.1) is 10.1 Å². The summed E-state index contributed by atoms with van der Waals surface area (Å²) < 4.78 is 10.1. The molecule has 0 fully saturated rings. The van der Waals surface area contributed by atoms with Crippen molar-refractivity contribution in [2.24, 2.45) is 0 Å². The predicted octanol–water partition coefficient (Wildman–Crippen LogP) is 5.60. The molecule has 0 atom stereocenters. The van der Waals surface area contributed by atoms with Gasteiger partial charge in [0.1, 0.15) is 15.6 Å². The maximum absolute atomic E-state index is 12.6. The fourth-order valence-corrected chi connectivity index (χ4v) is 4.14. The number of benzene rings is 2. The number of hydrogen-bond donors (Lipinski definition) is 1. The summed E-state index contributed by atoms with van der Waals surface area (Å²) in [6, 6.07) is 10.2. The maximum Gasteiger partial charge on any atom is 0.341 e. The van der Waals surface area contributed by atoms with Crippen LogP contribution < -0.4 is 5.32 Å². The zero-order chi connectivity index (χ0) is 24.8. The zero-order valence-electron chi connectivity index (χ0n) is 17.5. The average Bonchev–Trinajstić information content (AvgIpc) is 3.21. The highest BCUT2D eigenvalue weighted by Gasteiger charge is 2.24. The Balaban J connectivity index is 1.75. The van der Waals surface area contributed by atoms with Gasteiger partial charge in [0, 0.05) is 22.0 Å². The van der Waals surface area contributed by atoms with Crippen molar-refractivity contribution in [2.45, 2.75) is 6.92 Å². The molecule has 1 heterocycles. The molecule has 2 aromatic carbocycles. The Hall–Kier alpha value is -3.47. The molecular weight excluding hydrogens is 507 g/mol. The van der Waals surface area contributed by atoms with Crippen molar-refractivity contribution in [3.8, 4) is 11.1 Å². The van der Waals surface area contributed by atoms with Gasteiger partial charge in [0.25, 0.3) is 11.6 Å². The molecular formula is C22H16Cl2N2O7S. The standard InChI is InChI=1S/C22H16Cl2N2O7S/c1-2-32-22(29)19-15(12-3-6-14(23)7-4-12)11-34-20(19)25-18(27)10-33-21(28)13-5-8-16(24)17(9-13)26(30)31/h3-9,11H,2,10H2,1H3,(H,25,27). The van der Waals surface area contributed by atoms with Gasteiger partial charge in [-0.3, -0.25) is 14.9 Å². The van der Waals surface area contributed by atoms with Gasteiger partial charge in [0.15, 0.2) is 6.61 Å². The van der Waals surface area contributed by atoms with Gasteiger partial charge in [0.2, 0.25) is 0 Å². The van der Waals surface area contributed by atoms with Gasteiger partial charge in [-0.2, -0.15) is 0 Å². The first kappa shape index (κ1) is 25.2. The third-order valence-electron chi connectivity index (χ3n) is 4.39. The van der Waals surface area contributed by atoms with Gasteiger partial charge in [0.05, 0.1) is 17.1 Å². The van der Waals surface area contributed by atoms with Crippen molar-refractivity contribution in [1.29, 1.82) is 0 Å². The molecule has 0 aliphatic rings. The van der Waals surface area contributed by atoms with E-state index in [2.05, 4.69) is 5.32 Å². The Morgan fingerprint density at radius 3 is 2.41 bits per heavy atom. The van der Waals surface area contributed by atoms with Crippen LogP contribution in [0.4, 0.5) is 10.7 Å². The number of thiophene rings is 1. The first-order valence-corrected chi connectivity index (χ1v) is 11.3. The summed E-state index contributed by atoms with van der Waals surface area (Å²) in [5, 5.41) is 15.8. The average molecular weight is 523 g/mol. The quantitative estimate of drug-likeness (QED) is 0.231. The van der Waals surface area contributed by atoms with Crippen LogP contribution in [0.2, 0.25) is 10.0 Å². The minimum absolute atomic E-state index is 0.132. The third-order valence-corrected chi connectivity index (χ3v) is 5.86. The minimum atomic E-state index is -0.950. The number of nitro groups is 1. The van der Waals surface area contributed by atoms with Crippen LogP contribution in [0.25, 0.3) is 11.1 Å². The topological polar surface area (TPSA) is 125 Å². The molecule has 0 radical (unpaired) electrons. The highest BCUT2D eigenvalue weighted by Crippen LogP contribution is 2.36. The lowest BCUT2D eigenvalue weighted by Crippen LogP contribution is -2.21. The number of ether oxygens (including phenoxy) is 2. The number of hydrogen-bond acceptors (Lipinski definition) is 8. The number of halogens is 2. The summed E-state index contributed by atoms with van der Waals surface area (Å²) in [6.45, 7) is 1.10. The molecule has 3 rings (SSSR count). The van der Waals surface area contributed by atoms with Crippen LogP contribution >= 0.6 is 34.5 Å². The van der Waals surface area contributed by atoms with Crippen molar-refractivity contribution in [2.75, 3.05) is 18.5 Å². The van der Waals surface area contributed by atoms with E-state index in [0.29, 0.717) is 16.1 Å². The normalized spacial score (nSPS) is 10.4. The minimum Gasteiger partial charge on any atom is -0.462 e. The fourth-order valence-electron chi connectivity index (χ4n) is 2.85. The predicted molar refractivity (Wildman–Crippen MR) is 128 cm³/mol. The zero-order valence-corrected chi connectivity index (χ0v) is 19.8. The second-order valence-corrected chi connectivity index (χ2v) is 8.35. The van der Waals surface area contributed by atoms with Crippen LogP contribution in [0.5, 0.6) is 0 Å². The van der Waals surface area contributed by atoms with Gasteiger partial charge >= 0.3 is 11.9 Å². The van der Waals surface area contributed by atoms with E-state index in [1.165, 1.54) is 12.1 Å². The summed E-state index contributed by atoms with van der Waals surface area (Å²) in [5.74, 6) is -2.30. The van der Waals surface area contributed by atoms with E-state index in [0.717, 1.165) is 17.4 Å². The molecule has 3 aromatic rings. The molecule has 1 N–H and O–H groups in total. The van der Waals surface area contributed by atoms with Gasteiger partial charge in [-0.15, -0.1) is 11.3 Å². The number of nitrogens with one attached hydrogen (secondary N) is 1. The van der Waals surface area contributed by atoms with Crippen molar-refractivity contribution in [1.82, 2.24) is 0 Å². The largest absolute Gasteiger partial charge is 0.462 e. The summed E-state index contributed by atoms with van der Waals surface area (Å²) in [4.78, 5) is 47.5. The molecule has 12 heteroatoms. The number of amides is 1. The highest BCUT2D eigenvalue weighted by molar-refractivity contribution is 7.15. The SMILES string of the molecule is CCOC(=O)c1c(-c2ccc(Cl)cc2)csc1NC(=O)COC(=O)c1ccc(Cl)c([N+](=O)[O-])c1. The lowest BCUT2D eigenvalue weighted by atomic mass is 10.0. The number of anilines is 1. The molecule has 0 aliphatic heterocycles. The van der Waals surface area contributed by atoms with Gasteiger partial charge in [-0.25, -0.2) is 9.59 Å². The molecule has 1 aromatic heterocycles. The number of nitro benzene ring substituents is 1. The Morgan fingerprint density at radius 1 is 1.06 bits per heavy atom. The molecule has 34 heavy (non-hydrogen) atoms. The second kappa shape index (κ2) is 11.1. The lowest BCUT2D eigenvalue weighted by Gasteiger charge is -2.09. The third kappa shape index (κ3) is 5.90. The molecule has 9 nitrogen and oxygen atoms in total. The summed E-state index contributed by atoms with van der Waals surface area (Å²) in [6.07, 6.45) is 0. The number of carbonyl (C=O) groups excluding carboxylic acids is 3. The van der Waals surface area contributed by atoms with E-state index in [4.69, 9.17) is 32.7 Å². The Kier molecular flexibility index (Phi) is 8.21. The van der Waals surface area contributed by atoms with E-state index in [1.807, 2.05) is 0 Å². The number of rotatable bonds is 8. The van der Waals surface area contributed by atoms with Crippen LogP contribution in [-0.2, 0) is 14.3 Å². The van der Waals surface area contributed by atoms with Crippen LogP contribution in [0.15, 0.2) is 47.8 Å². The van der Waals surface area contributed by atoms with E-state index in [9.17, 15) is 24.5 Å². The van der Waals surface area contributed by atoms with Crippen LogP contribution in [0.3, 0.4) is 0 Å². The molecule has 176 valence electrons. The summed E-state index contributed by atoms with van der Waals surface area (Å²) in [7, 11) is 0. The first-order chi connectivity index (χ1) is 16.2. The van der Waals surface area contributed by atoms with Crippen molar-refractivity contribution >= 4 is 63.1 Å². The number of nitrogens with zero attached hydrogens (tertiary/aromatic N) is 1. The van der Waals surface area contributed by atoms with Crippen LogP contribution in [-0.4, -0.2) is 36.0 Å². The molecule has 0 saturated carbocycles. The molecule has 0 bridgehead atoms. The van der Waals surface area contributed by atoms with Crippen molar-refractivity contribution in [3.05, 3.63) is 79.1 Å². The van der Waals surface area contributed by atoms with E-state index in [1.54, 1.807) is 36.6 Å². The first-order valence-electron chi connectivity index (χ1n) is 9.66. The smallest absolute Gasteiger partial charge is 0.341 e. The second-order valence-electron chi connectivity index (χ2n) is 6.63. The van der Waals surface area contributed by atoms with E-state index >= 15 is 0 Å². The van der Waals surface area contributed by atoms with Gasteiger partial charge < -0.3 is 14.8 Å². The molecule has 0 unspecified atom stereocenters. The molecule has 1 amide bonds. The monoisotopic (exact) mass is 522 g/mol. The van der Waals surface area contributed by atoms with E-state index < -0.39 is 35.1 Å². The van der Waals surface area contributed by atoms with Crippen LogP contribution in [0.1, 0.15) is 27.6 Å². The summed E-state index contributed by atoms with van der Waals surface area (Å²) >= 11 is 12.8. The lowest BCUT2D eigenvalue weighted by molar-refractivity contribution is -0.384. The summed E-state index contributed by atoms with van der Waals surface area (Å²) in [5.41, 5.74) is 0.785.